The van der Waals surface area contributed by atoms with Crippen molar-refractivity contribution in [2.45, 2.75) is 35.1 Å². The monoisotopic (exact) mass is 324 g/mol. The third kappa shape index (κ3) is 2.66. The zero-order valence-corrected chi connectivity index (χ0v) is 14.9. The van der Waals surface area contributed by atoms with Crippen LogP contribution in [0.2, 0.25) is 0 Å². The number of likely N-dealkylation sites (N-methyl/N-ethyl adjacent to an activating group) is 2. The molecule has 0 saturated carbocycles. The van der Waals surface area contributed by atoms with E-state index in [1.807, 2.05) is 11.8 Å². The molecule has 0 radical (unpaired) electrons. The van der Waals surface area contributed by atoms with Crippen LogP contribution < -0.4 is 4.90 Å². The van der Waals surface area contributed by atoms with Crippen LogP contribution in [-0.4, -0.2) is 38.1 Å². The highest BCUT2D eigenvalue weighted by Crippen LogP contribution is 2.49. The third-order valence-electron chi connectivity index (χ3n) is 5.31. The summed E-state index contributed by atoms with van der Waals surface area (Å²) in [6.07, 6.45) is 1.26. The lowest BCUT2D eigenvalue weighted by Crippen LogP contribution is -2.43. The van der Waals surface area contributed by atoms with Gasteiger partial charge in [-0.2, -0.15) is 0 Å². The fraction of sp³-hybridized carbons (Fsp3) is 0.400. The molecule has 2 aromatic rings. The number of anilines is 1. The summed E-state index contributed by atoms with van der Waals surface area (Å²) >= 11 is 1.90. The van der Waals surface area contributed by atoms with E-state index in [0.717, 1.165) is 0 Å². The Hall–Kier alpha value is -1.45. The summed E-state index contributed by atoms with van der Waals surface area (Å²) in [6.45, 7) is 4.53. The van der Waals surface area contributed by atoms with Crippen molar-refractivity contribution in [3.63, 3.8) is 0 Å². The number of aryl methyl sites for hydroxylation is 1. The molecule has 0 amide bonds. The second-order valence-corrected chi connectivity index (χ2v) is 8.06. The Balaban J connectivity index is 1.70. The first kappa shape index (κ1) is 15.1. The summed E-state index contributed by atoms with van der Waals surface area (Å²) < 4.78 is 0. The minimum Gasteiger partial charge on any atom is -0.370 e. The third-order valence-corrected chi connectivity index (χ3v) is 6.37. The maximum atomic E-state index is 2.55. The Morgan fingerprint density at radius 3 is 2.61 bits per heavy atom. The summed E-state index contributed by atoms with van der Waals surface area (Å²) in [5.41, 5.74) is 4.32. The quantitative estimate of drug-likeness (QED) is 0.809. The molecule has 0 bridgehead atoms. The molecule has 0 aliphatic carbocycles. The summed E-state index contributed by atoms with van der Waals surface area (Å²) in [5.74, 6) is 0.660. The van der Waals surface area contributed by atoms with Crippen LogP contribution in [0.15, 0.2) is 52.3 Å². The van der Waals surface area contributed by atoms with E-state index in [-0.39, 0.29) is 0 Å². The molecule has 1 saturated heterocycles. The molecule has 0 aromatic heterocycles. The van der Waals surface area contributed by atoms with Crippen molar-refractivity contribution >= 4 is 17.4 Å². The van der Waals surface area contributed by atoms with E-state index >= 15 is 0 Å². The molecule has 2 nitrogen and oxygen atoms in total. The van der Waals surface area contributed by atoms with E-state index in [1.165, 1.54) is 40.6 Å². The van der Waals surface area contributed by atoms with Gasteiger partial charge in [0.15, 0.2) is 0 Å². The van der Waals surface area contributed by atoms with Gasteiger partial charge in [-0.15, -0.1) is 0 Å². The highest BCUT2D eigenvalue weighted by Gasteiger charge is 2.40. The number of rotatable bonds is 2. The standard InChI is InChI=1S/C20H24N2S/c1-14-7-9-15(10-8-14)23-19-6-4-5-16-17-13-21(2)12-11-18(17)22(3)20(16)19/h4-10,17-18H,11-13H2,1-3H3/t17?,18-/m0/s1. The number of likely N-dealkylation sites (tertiary alicyclic amines) is 1. The van der Waals surface area contributed by atoms with E-state index < -0.39 is 0 Å². The van der Waals surface area contributed by atoms with Gasteiger partial charge in [0.25, 0.3) is 0 Å². The van der Waals surface area contributed by atoms with Crippen molar-refractivity contribution in [3.8, 4) is 0 Å². The van der Waals surface area contributed by atoms with Crippen LogP contribution in [0.25, 0.3) is 0 Å². The van der Waals surface area contributed by atoms with Crippen molar-refractivity contribution in [2.75, 3.05) is 32.1 Å². The predicted octanol–water partition coefficient (Wildman–Crippen LogP) is 4.38. The first-order chi connectivity index (χ1) is 11.1. The van der Waals surface area contributed by atoms with Gasteiger partial charge in [-0.05, 0) is 50.7 Å². The molecule has 1 fully saturated rings. The highest BCUT2D eigenvalue weighted by atomic mass is 32.2. The first-order valence-electron chi connectivity index (χ1n) is 8.42. The van der Waals surface area contributed by atoms with Crippen molar-refractivity contribution < 1.29 is 0 Å². The Morgan fingerprint density at radius 2 is 1.83 bits per heavy atom. The van der Waals surface area contributed by atoms with E-state index in [4.69, 9.17) is 0 Å². The molecule has 4 rings (SSSR count). The average Bonchev–Trinajstić information content (AvgIpc) is 2.83. The number of piperidine rings is 1. The number of fused-ring (bicyclic) bond motifs is 3. The zero-order valence-electron chi connectivity index (χ0n) is 14.1. The minimum atomic E-state index is 0.660. The first-order valence-corrected chi connectivity index (χ1v) is 9.24. The van der Waals surface area contributed by atoms with Gasteiger partial charge in [0.05, 0.1) is 5.69 Å². The molecule has 2 atom stereocenters. The Morgan fingerprint density at radius 1 is 1.04 bits per heavy atom. The van der Waals surface area contributed by atoms with Crippen LogP contribution in [0, 0.1) is 6.92 Å². The fourth-order valence-electron chi connectivity index (χ4n) is 4.07. The van der Waals surface area contributed by atoms with Gasteiger partial charge in [0.1, 0.15) is 0 Å². The van der Waals surface area contributed by atoms with Crippen LogP contribution >= 0.6 is 11.8 Å². The lowest BCUT2D eigenvalue weighted by Gasteiger charge is -2.35. The van der Waals surface area contributed by atoms with Gasteiger partial charge in [0.2, 0.25) is 0 Å². The number of hydrogen-bond acceptors (Lipinski definition) is 3. The van der Waals surface area contributed by atoms with Gasteiger partial charge in [-0.25, -0.2) is 0 Å². The van der Waals surface area contributed by atoms with Crippen LogP contribution in [0.3, 0.4) is 0 Å². The molecule has 23 heavy (non-hydrogen) atoms. The molecular formula is C20H24N2S. The summed E-state index contributed by atoms with van der Waals surface area (Å²) in [4.78, 5) is 7.74. The Kier molecular flexibility index (Phi) is 3.86. The number of para-hydroxylation sites is 1. The summed E-state index contributed by atoms with van der Waals surface area (Å²) in [6, 6.07) is 16.4. The van der Waals surface area contributed by atoms with Crippen molar-refractivity contribution in [3.05, 3.63) is 53.6 Å². The van der Waals surface area contributed by atoms with E-state index in [2.05, 4.69) is 73.3 Å². The summed E-state index contributed by atoms with van der Waals surface area (Å²) in [5, 5.41) is 0. The van der Waals surface area contributed by atoms with Crippen LogP contribution in [0.4, 0.5) is 5.69 Å². The molecule has 2 aromatic carbocycles. The second kappa shape index (κ2) is 5.88. The molecule has 2 aliphatic heterocycles. The maximum Gasteiger partial charge on any atom is 0.0544 e. The second-order valence-electron chi connectivity index (χ2n) is 6.94. The van der Waals surface area contributed by atoms with Crippen molar-refractivity contribution in [1.82, 2.24) is 4.90 Å². The van der Waals surface area contributed by atoms with Gasteiger partial charge in [-0.1, -0.05) is 41.6 Å². The zero-order chi connectivity index (χ0) is 16.0. The van der Waals surface area contributed by atoms with Gasteiger partial charge >= 0.3 is 0 Å². The SMILES string of the molecule is Cc1ccc(Sc2cccc3c2N(C)[C@H]2CCN(C)CC32)cc1. The molecule has 2 heterocycles. The molecule has 0 spiro atoms. The molecule has 120 valence electrons. The molecule has 1 unspecified atom stereocenters. The number of hydrogen-bond donors (Lipinski definition) is 0. The largest absolute Gasteiger partial charge is 0.370 e. The van der Waals surface area contributed by atoms with Gasteiger partial charge in [-0.3, -0.25) is 0 Å². The predicted molar refractivity (Wildman–Crippen MR) is 98.8 cm³/mol. The smallest absolute Gasteiger partial charge is 0.0544 e. The van der Waals surface area contributed by atoms with Crippen molar-refractivity contribution in [1.29, 1.82) is 0 Å². The van der Waals surface area contributed by atoms with E-state index in [1.54, 1.807) is 5.56 Å². The Labute approximate surface area is 143 Å². The number of benzene rings is 2. The van der Waals surface area contributed by atoms with Crippen LogP contribution in [0.5, 0.6) is 0 Å². The normalized spacial score (nSPS) is 23.7. The van der Waals surface area contributed by atoms with Crippen LogP contribution in [0.1, 0.15) is 23.5 Å². The summed E-state index contributed by atoms with van der Waals surface area (Å²) in [7, 11) is 4.53. The Bertz CT molecular complexity index is 710. The molecular weight excluding hydrogens is 300 g/mol. The van der Waals surface area contributed by atoms with Gasteiger partial charge < -0.3 is 9.80 Å². The van der Waals surface area contributed by atoms with Crippen molar-refractivity contribution in [2.24, 2.45) is 0 Å². The average molecular weight is 324 g/mol. The van der Waals surface area contributed by atoms with E-state index in [0.29, 0.717) is 12.0 Å². The lowest BCUT2D eigenvalue weighted by atomic mass is 9.89. The van der Waals surface area contributed by atoms with Crippen LogP contribution in [-0.2, 0) is 0 Å². The molecule has 0 N–H and O–H groups in total. The van der Waals surface area contributed by atoms with Gasteiger partial charge in [0, 0.05) is 35.3 Å². The highest BCUT2D eigenvalue weighted by molar-refractivity contribution is 7.99. The topological polar surface area (TPSA) is 6.48 Å². The number of nitrogens with zero attached hydrogens (tertiary/aromatic N) is 2. The van der Waals surface area contributed by atoms with E-state index in [9.17, 15) is 0 Å². The minimum absolute atomic E-state index is 0.660. The fourth-order valence-corrected chi connectivity index (χ4v) is 5.10. The molecule has 2 aliphatic rings. The lowest BCUT2D eigenvalue weighted by molar-refractivity contribution is 0.234. The maximum absolute atomic E-state index is 2.55. The molecule has 3 heteroatoms.